The van der Waals surface area contributed by atoms with Gasteiger partial charge in [0.2, 0.25) is 0 Å². The number of rotatable bonds is 8. The molecule has 5 aromatic carbocycles. The van der Waals surface area contributed by atoms with Gasteiger partial charge in [-0.05, 0) is 61.4 Å². The van der Waals surface area contributed by atoms with Gasteiger partial charge in [-0.1, -0.05) is 84.9 Å². The molecule has 0 fully saturated rings. The number of H-pyrrole nitrogens is 2. The van der Waals surface area contributed by atoms with E-state index in [1.165, 1.54) is 11.1 Å². The Kier molecular flexibility index (Phi) is 6.64. The van der Waals surface area contributed by atoms with E-state index < -0.39 is 0 Å². The molecule has 2 unspecified atom stereocenters. The maximum absolute atomic E-state index is 4.94. The van der Waals surface area contributed by atoms with Gasteiger partial charge in [0, 0.05) is 34.6 Å². The van der Waals surface area contributed by atoms with Gasteiger partial charge in [-0.3, -0.25) is 0 Å². The second kappa shape index (κ2) is 10.9. The average Bonchev–Trinajstić information content (AvgIpc) is 3.66. The van der Waals surface area contributed by atoms with Gasteiger partial charge in [-0.25, -0.2) is 9.97 Å². The van der Waals surface area contributed by atoms with Crippen molar-refractivity contribution in [1.82, 2.24) is 19.9 Å². The summed E-state index contributed by atoms with van der Waals surface area (Å²) < 4.78 is 0. The van der Waals surface area contributed by atoms with E-state index >= 15 is 0 Å². The molecule has 0 amide bonds. The Hall–Kier alpha value is -5.36. The number of anilines is 2. The van der Waals surface area contributed by atoms with Crippen LogP contribution in [0.1, 0.15) is 37.1 Å². The van der Waals surface area contributed by atoms with Crippen molar-refractivity contribution in [3.05, 3.63) is 132 Å². The van der Waals surface area contributed by atoms with Crippen LogP contribution in [0.5, 0.6) is 0 Å². The van der Waals surface area contributed by atoms with Gasteiger partial charge in [0.05, 0.1) is 22.1 Å². The van der Waals surface area contributed by atoms with E-state index in [9.17, 15) is 0 Å². The summed E-state index contributed by atoms with van der Waals surface area (Å²) in [5.74, 6) is 1.63. The number of nitrogens with zero attached hydrogens (tertiary/aromatic N) is 2. The number of aromatic amines is 2. The molecule has 2 heterocycles. The quantitative estimate of drug-likeness (QED) is 0.153. The summed E-state index contributed by atoms with van der Waals surface area (Å²) in [7, 11) is 0. The number of benzene rings is 5. The molecule has 0 radical (unpaired) electrons. The lowest BCUT2D eigenvalue weighted by Crippen LogP contribution is -2.06. The largest absolute Gasteiger partial charge is 0.378 e. The van der Waals surface area contributed by atoms with E-state index in [-0.39, 0.29) is 12.1 Å². The van der Waals surface area contributed by atoms with Crippen LogP contribution >= 0.6 is 0 Å². The average molecular weight is 549 g/mol. The molecule has 0 aliphatic heterocycles. The number of imidazole rings is 2. The van der Waals surface area contributed by atoms with Gasteiger partial charge < -0.3 is 20.6 Å². The predicted molar refractivity (Wildman–Crippen MR) is 174 cm³/mol. The van der Waals surface area contributed by atoms with E-state index in [0.717, 1.165) is 56.2 Å². The van der Waals surface area contributed by atoms with Crippen LogP contribution in [0.25, 0.3) is 44.8 Å². The van der Waals surface area contributed by atoms with Crippen molar-refractivity contribution in [2.75, 3.05) is 10.6 Å². The number of nitrogens with one attached hydrogen (secondary N) is 4. The molecule has 0 aliphatic carbocycles. The SMILES string of the molecule is CC(Nc1ccc2nc(-c3ccccc3-c3nc4ccc(NC(C)c5ccccc5)cc4[nH]3)[nH]c2c1)c1ccccc1. The molecule has 6 nitrogen and oxygen atoms in total. The van der Waals surface area contributed by atoms with Crippen molar-refractivity contribution in [2.24, 2.45) is 0 Å². The number of aromatic nitrogens is 4. The van der Waals surface area contributed by atoms with E-state index in [4.69, 9.17) is 9.97 Å². The van der Waals surface area contributed by atoms with Crippen LogP contribution in [0.2, 0.25) is 0 Å². The van der Waals surface area contributed by atoms with Gasteiger partial charge in [-0.15, -0.1) is 0 Å². The van der Waals surface area contributed by atoms with E-state index in [0.29, 0.717) is 0 Å². The topological polar surface area (TPSA) is 81.4 Å². The standard InChI is InChI=1S/C36H32N6/c1-23(25-11-5-3-6-12-25)37-27-17-19-31-33(21-27)41-35(39-31)29-15-9-10-16-30(29)36-40-32-20-18-28(22-34(32)42-36)38-24(2)26-13-7-4-8-14-26/h3-24,37-38H,1-2H3,(H,39,41)(H,40,42). The molecule has 2 atom stereocenters. The molecule has 0 bridgehead atoms. The number of hydrogen-bond acceptors (Lipinski definition) is 4. The van der Waals surface area contributed by atoms with Crippen molar-refractivity contribution in [3.8, 4) is 22.8 Å². The van der Waals surface area contributed by atoms with Crippen LogP contribution in [0.15, 0.2) is 121 Å². The van der Waals surface area contributed by atoms with Crippen LogP contribution < -0.4 is 10.6 Å². The van der Waals surface area contributed by atoms with E-state index in [1.54, 1.807) is 0 Å². The zero-order valence-electron chi connectivity index (χ0n) is 23.6. The third-order valence-electron chi connectivity index (χ3n) is 7.77. The van der Waals surface area contributed by atoms with E-state index in [2.05, 4.69) is 132 Å². The Morgan fingerprint density at radius 2 is 0.905 bits per heavy atom. The van der Waals surface area contributed by atoms with Gasteiger partial charge >= 0.3 is 0 Å². The molecule has 0 saturated carbocycles. The third kappa shape index (κ3) is 5.10. The lowest BCUT2D eigenvalue weighted by atomic mass is 10.1. The van der Waals surface area contributed by atoms with Crippen LogP contribution in [0.3, 0.4) is 0 Å². The minimum Gasteiger partial charge on any atom is -0.378 e. The Morgan fingerprint density at radius 3 is 1.33 bits per heavy atom. The van der Waals surface area contributed by atoms with Gasteiger partial charge in [0.25, 0.3) is 0 Å². The van der Waals surface area contributed by atoms with E-state index in [1.807, 2.05) is 24.3 Å². The summed E-state index contributed by atoms with van der Waals surface area (Å²) in [4.78, 5) is 17.0. The van der Waals surface area contributed by atoms with Crippen molar-refractivity contribution in [2.45, 2.75) is 25.9 Å². The van der Waals surface area contributed by atoms with Gasteiger partial charge in [0.1, 0.15) is 11.6 Å². The van der Waals surface area contributed by atoms with Crippen LogP contribution in [-0.2, 0) is 0 Å². The maximum atomic E-state index is 4.94. The van der Waals surface area contributed by atoms with Crippen LogP contribution in [0, 0.1) is 0 Å². The fraction of sp³-hybridized carbons (Fsp3) is 0.111. The second-order valence-electron chi connectivity index (χ2n) is 10.7. The van der Waals surface area contributed by atoms with Crippen molar-refractivity contribution in [1.29, 1.82) is 0 Å². The highest BCUT2D eigenvalue weighted by atomic mass is 15.0. The van der Waals surface area contributed by atoms with Crippen LogP contribution in [-0.4, -0.2) is 19.9 Å². The Bertz CT molecular complexity index is 1830. The molecule has 4 N–H and O–H groups in total. The first-order valence-electron chi connectivity index (χ1n) is 14.3. The summed E-state index contributed by atoms with van der Waals surface area (Å²) in [5.41, 5.74) is 10.4. The smallest absolute Gasteiger partial charge is 0.139 e. The molecular weight excluding hydrogens is 516 g/mol. The fourth-order valence-electron chi connectivity index (χ4n) is 5.50. The van der Waals surface area contributed by atoms with Crippen molar-refractivity contribution in [3.63, 3.8) is 0 Å². The lowest BCUT2D eigenvalue weighted by molar-refractivity contribution is 0.885. The summed E-state index contributed by atoms with van der Waals surface area (Å²) in [6.07, 6.45) is 0. The first-order valence-corrected chi connectivity index (χ1v) is 14.3. The molecule has 42 heavy (non-hydrogen) atoms. The summed E-state index contributed by atoms with van der Waals surface area (Å²) in [5, 5.41) is 7.22. The summed E-state index contributed by atoms with van der Waals surface area (Å²) >= 11 is 0. The Balaban J connectivity index is 1.17. The highest BCUT2D eigenvalue weighted by molar-refractivity contribution is 5.89. The molecule has 0 saturated heterocycles. The fourth-order valence-corrected chi connectivity index (χ4v) is 5.50. The minimum atomic E-state index is 0.192. The maximum Gasteiger partial charge on any atom is 0.139 e. The van der Waals surface area contributed by atoms with Crippen molar-refractivity contribution >= 4 is 33.4 Å². The highest BCUT2D eigenvalue weighted by Crippen LogP contribution is 2.33. The molecule has 6 heteroatoms. The molecule has 7 rings (SSSR count). The predicted octanol–water partition coefficient (Wildman–Crippen LogP) is 9.12. The molecule has 0 aliphatic rings. The monoisotopic (exact) mass is 548 g/mol. The normalized spacial score (nSPS) is 12.8. The summed E-state index contributed by atoms with van der Waals surface area (Å²) in [6, 6.07) is 42.1. The molecular formula is C36H32N6. The van der Waals surface area contributed by atoms with Crippen molar-refractivity contribution < 1.29 is 0 Å². The molecule has 2 aromatic heterocycles. The zero-order chi connectivity index (χ0) is 28.5. The third-order valence-corrected chi connectivity index (χ3v) is 7.77. The minimum absolute atomic E-state index is 0.192. The summed E-state index contributed by atoms with van der Waals surface area (Å²) in [6.45, 7) is 4.34. The second-order valence-corrected chi connectivity index (χ2v) is 10.7. The first kappa shape index (κ1) is 25.6. The zero-order valence-corrected chi connectivity index (χ0v) is 23.6. The molecule has 7 aromatic rings. The van der Waals surface area contributed by atoms with Gasteiger partial charge in [0.15, 0.2) is 0 Å². The first-order chi connectivity index (χ1) is 20.6. The van der Waals surface area contributed by atoms with Crippen LogP contribution in [0.4, 0.5) is 11.4 Å². The Labute approximate surface area is 244 Å². The van der Waals surface area contributed by atoms with Gasteiger partial charge in [-0.2, -0.15) is 0 Å². The number of fused-ring (bicyclic) bond motifs is 2. The Morgan fingerprint density at radius 1 is 0.500 bits per heavy atom. The lowest BCUT2D eigenvalue weighted by Gasteiger charge is -2.15. The molecule has 0 spiro atoms. The molecule has 206 valence electrons. The number of hydrogen-bond donors (Lipinski definition) is 4. The highest BCUT2D eigenvalue weighted by Gasteiger charge is 2.15.